The van der Waals surface area contributed by atoms with E-state index in [2.05, 4.69) is 25.4 Å². The molecule has 10 heteroatoms. The van der Waals surface area contributed by atoms with E-state index in [9.17, 15) is 4.39 Å². The Labute approximate surface area is 218 Å². The summed E-state index contributed by atoms with van der Waals surface area (Å²) < 4.78 is 15.0. The normalized spacial score (nSPS) is 17.2. The van der Waals surface area contributed by atoms with E-state index in [0.717, 1.165) is 79.7 Å². The smallest absolute Gasteiger partial charge is 0.229 e. The van der Waals surface area contributed by atoms with Crippen molar-refractivity contribution in [3.63, 3.8) is 0 Å². The number of benzene rings is 2. The topological polar surface area (TPSA) is 68.7 Å². The number of halogens is 3. The molecule has 0 atom stereocenters. The van der Waals surface area contributed by atoms with Gasteiger partial charge in [0.05, 0.1) is 10.7 Å². The van der Waals surface area contributed by atoms with Crippen molar-refractivity contribution in [3.8, 4) is 0 Å². The molecule has 0 unspecified atom stereocenters. The number of aromatic nitrogens is 2. The van der Waals surface area contributed by atoms with Crippen LogP contribution >= 0.6 is 23.2 Å². The third-order valence-electron chi connectivity index (χ3n) is 6.55. The highest BCUT2D eigenvalue weighted by Gasteiger charge is 2.30. The Hall–Kier alpha value is -3.20. The summed E-state index contributed by atoms with van der Waals surface area (Å²) in [5, 5.41) is 7.51. The van der Waals surface area contributed by atoms with E-state index in [1.807, 2.05) is 24.3 Å². The molecule has 3 aliphatic rings. The number of rotatable bonds is 4. The zero-order chi connectivity index (χ0) is 24.6. The Kier molecular flexibility index (Phi) is 6.25. The summed E-state index contributed by atoms with van der Waals surface area (Å²) in [6, 6.07) is 10.7. The molecule has 0 aliphatic carbocycles. The SMILES string of the molecule is Fc1cc(N2CCNCC2)ccc1Nc1ncc2c(n1)N1CCCN=C1C(c1ccc(Cl)cc1Cl)=C2. The molecule has 2 aromatic carbocycles. The zero-order valence-electron chi connectivity index (χ0n) is 19.4. The first kappa shape index (κ1) is 23.2. The third kappa shape index (κ3) is 4.40. The van der Waals surface area contributed by atoms with Crippen LogP contribution in [-0.4, -0.2) is 55.1 Å². The van der Waals surface area contributed by atoms with Gasteiger partial charge in [-0.05, 0) is 42.8 Å². The maximum Gasteiger partial charge on any atom is 0.229 e. The largest absolute Gasteiger partial charge is 0.369 e. The molecule has 184 valence electrons. The summed E-state index contributed by atoms with van der Waals surface area (Å²) in [4.78, 5) is 18.3. The molecule has 0 bridgehead atoms. The maximum atomic E-state index is 15.0. The molecule has 1 saturated heterocycles. The minimum absolute atomic E-state index is 0.328. The van der Waals surface area contributed by atoms with Crippen LogP contribution in [-0.2, 0) is 0 Å². The van der Waals surface area contributed by atoms with E-state index in [0.29, 0.717) is 21.7 Å². The average molecular weight is 524 g/mol. The second-order valence-electron chi connectivity index (χ2n) is 8.89. The van der Waals surface area contributed by atoms with Crippen molar-refractivity contribution in [2.45, 2.75) is 6.42 Å². The van der Waals surface area contributed by atoms with Crippen molar-refractivity contribution in [3.05, 3.63) is 69.6 Å². The van der Waals surface area contributed by atoms with Crippen LogP contribution in [0.3, 0.4) is 0 Å². The first-order valence-electron chi connectivity index (χ1n) is 12.0. The second kappa shape index (κ2) is 9.69. The fourth-order valence-electron chi connectivity index (χ4n) is 4.77. The molecule has 6 rings (SSSR count). The van der Waals surface area contributed by atoms with Gasteiger partial charge in [-0.1, -0.05) is 29.3 Å². The Morgan fingerprint density at radius 3 is 2.69 bits per heavy atom. The number of hydrogen-bond donors (Lipinski definition) is 2. The first-order valence-corrected chi connectivity index (χ1v) is 12.7. The summed E-state index contributed by atoms with van der Waals surface area (Å²) in [6.45, 7) is 5.00. The highest BCUT2D eigenvalue weighted by atomic mass is 35.5. The van der Waals surface area contributed by atoms with Crippen LogP contribution in [0.2, 0.25) is 10.0 Å². The lowest BCUT2D eigenvalue weighted by atomic mass is 9.97. The van der Waals surface area contributed by atoms with Gasteiger partial charge < -0.3 is 20.4 Å². The summed E-state index contributed by atoms with van der Waals surface area (Å²) >= 11 is 12.6. The fourth-order valence-corrected chi connectivity index (χ4v) is 5.28. The van der Waals surface area contributed by atoms with E-state index in [1.54, 1.807) is 24.4 Å². The molecule has 7 nitrogen and oxygen atoms in total. The highest BCUT2D eigenvalue weighted by molar-refractivity contribution is 6.41. The third-order valence-corrected chi connectivity index (χ3v) is 7.10. The van der Waals surface area contributed by atoms with Gasteiger partial charge in [0, 0.05) is 72.9 Å². The molecule has 0 spiro atoms. The molecular weight excluding hydrogens is 500 g/mol. The van der Waals surface area contributed by atoms with Crippen LogP contribution in [0.1, 0.15) is 17.5 Å². The zero-order valence-corrected chi connectivity index (χ0v) is 21.0. The minimum atomic E-state index is -0.341. The van der Waals surface area contributed by atoms with Crippen LogP contribution < -0.4 is 20.4 Å². The first-order chi connectivity index (χ1) is 17.6. The van der Waals surface area contributed by atoms with Gasteiger partial charge in [-0.15, -0.1) is 0 Å². The van der Waals surface area contributed by atoms with Crippen LogP contribution in [0, 0.1) is 5.82 Å². The van der Waals surface area contributed by atoms with Gasteiger partial charge in [0.15, 0.2) is 0 Å². The lowest BCUT2D eigenvalue weighted by Gasteiger charge is -2.34. The quantitative estimate of drug-likeness (QED) is 0.487. The van der Waals surface area contributed by atoms with Gasteiger partial charge in [0.2, 0.25) is 5.95 Å². The highest BCUT2D eigenvalue weighted by Crippen LogP contribution is 2.38. The van der Waals surface area contributed by atoms with Crippen LogP contribution in [0.15, 0.2) is 47.6 Å². The summed E-state index contributed by atoms with van der Waals surface area (Å²) in [6.07, 6.45) is 4.64. The van der Waals surface area contributed by atoms with Crippen molar-refractivity contribution in [1.82, 2.24) is 15.3 Å². The predicted molar refractivity (Wildman–Crippen MR) is 145 cm³/mol. The lowest BCUT2D eigenvalue weighted by Crippen LogP contribution is -2.43. The molecule has 2 N–H and O–H groups in total. The number of fused-ring (bicyclic) bond motifs is 3. The number of aliphatic imine (C=N–C) groups is 1. The van der Waals surface area contributed by atoms with E-state index in [1.165, 1.54) is 0 Å². The molecular formula is C26H24Cl2FN7. The van der Waals surface area contributed by atoms with E-state index >= 15 is 0 Å². The molecule has 3 aromatic rings. The summed E-state index contributed by atoms with van der Waals surface area (Å²) in [5.74, 6) is 1.54. The van der Waals surface area contributed by atoms with Crippen molar-refractivity contribution in [2.24, 2.45) is 4.99 Å². The van der Waals surface area contributed by atoms with E-state index in [4.69, 9.17) is 33.2 Å². The Morgan fingerprint density at radius 1 is 1.03 bits per heavy atom. The number of amidine groups is 1. The summed E-state index contributed by atoms with van der Waals surface area (Å²) in [7, 11) is 0. The molecule has 1 fully saturated rings. The molecule has 1 aromatic heterocycles. The minimum Gasteiger partial charge on any atom is -0.369 e. The van der Waals surface area contributed by atoms with Crippen LogP contribution in [0.4, 0.5) is 27.5 Å². The second-order valence-corrected chi connectivity index (χ2v) is 9.74. The van der Waals surface area contributed by atoms with Crippen LogP contribution in [0.25, 0.3) is 11.6 Å². The molecule has 3 aliphatic heterocycles. The van der Waals surface area contributed by atoms with Gasteiger partial charge in [-0.25, -0.2) is 9.37 Å². The molecule has 36 heavy (non-hydrogen) atoms. The number of nitrogens with one attached hydrogen (secondary N) is 2. The van der Waals surface area contributed by atoms with E-state index < -0.39 is 0 Å². The average Bonchev–Trinajstić information content (AvgIpc) is 2.90. The molecule has 0 saturated carbocycles. The van der Waals surface area contributed by atoms with Crippen molar-refractivity contribution in [2.75, 3.05) is 54.4 Å². The monoisotopic (exact) mass is 523 g/mol. The number of nitrogens with zero attached hydrogens (tertiary/aromatic N) is 5. The van der Waals surface area contributed by atoms with Crippen molar-refractivity contribution < 1.29 is 4.39 Å². The fraction of sp³-hybridized carbons (Fsp3) is 0.269. The Morgan fingerprint density at radius 2 is 1.89 bits per heavy atom. The van der Waals surface area contributed by atoms with Crippen molar-refractivity contribution >= 4 is 63.8 Å². The number of hydrogen-bond acceptors (Lipinski definition) is 7. The predicted octanol–water partition coefficient (Wildman–Crippen LogP) is 5.24. The van der Waals surface area contributed by atoms with Crippen LogP contribution in [0.5, 0.6) is 0 Å². The van der Waals surface area contributed by atoms with Gasteiger partial charge >= 0.3 is 0 Å². The van der Waals surface area contributed by atoms with Crippen molar-refractivity contribution in [1.29, 1.82) is 0 Å². The van der Waals surface area contributed by atoms with Gasteiger partial charge in [0.1, 0.15) is 17.5 Å². The molecule has 0 radical (unpaired) electrons. The number of piperazine rings is 1. The van der Waals surface area contributed by atoms with E-state index in [-0.39, 0.29) is 5.82 Å². The van der Waals surface area contributed by atoms with Gasteiger partial charge in [-0.3, -0.25) is 4.99 Å². The molecule has 0 amide bonds. The summed E-state index contributed by atoms with van der Waals surface area (Å²) in [5.41, 5.74) is 3.81. The standard InChI is InChI=1S/C26H24Cl2FN7/c27-17-2-4-19(21(28)13-17)20-12-16-15-32-26(34-24(16)36-9-1-6-31-25(20)36)33-23-5-3-18(14-22(23)29)35-10-7-30-8-11-35/h2-5,12-15,30H,1,6-11H2,(H,32,33,34). The molecule has 4 heterocycles. The Balaban J connectivity index is 1.32. The Bertz CT molecular complexity index is 1380. The van der Waals surface area contributed by atoms with Gasteiger partial charge in [-0.2, -0.15) is 4.98 Å². The number of anilines is 4. The maximum absolute atomic E-state index is 15.0. The van der Waals surface area contributed by atoms with Gasteiger partial charge in [0.25, 0.3) is 0 Å². The lowest BCUT2D eigenvalue weighted by molar-refractivity contribution is 0.585.